The minimum absolute atomic E-state index is 0.00659. The second-order valence-electron chi connectivity index (χ2n) is 7.07. The molecule has 3 aromatic rings. The van der Waals surface area contributed by atoms with Crippen molar-refractivity contribution in [2.45, 2.75) is 13.0 Å². The first kappa shape index (κ1) is 20.0. The molecule has 4 rings (SSSR count). The predicted molar refractivity (Wildman–Crippen MR) is 101 cm³/mol. The largest absolute Gasteiger partial charge is 0.340 e. The number of rotatable bonds is 5. The van der Waals surface area contributed by atoms with Gasteiger partial charge in [0, 0.05) is 32.2 Å². The van der Waals surface area contributed by atoms with Crippen LogP contribution in [0.3, 0.4) is 0 Å². The van der Waals surface area contributed by atoms with Crippen LogP contribution in [0, 0.1) is 17.5 Å². The van der Waals surface area contributed by atoms with Gasteiger partial charge < -0.3 is 4.90 Å². The number of carbonyl (C=O) groups excluding carboxylic acids is 1. The Labute approximate surface area is 170 Å². The number of aromatic nitrogens is 4. The highest BCUT2D eigenvalue weighted by Crippen LogP contribution is 2.15. The number of piperazine rings is 1. The van der Waals surface area contributed by atoms with Crippen LogP contribution in [0.15, 0.2) is 42.5 Å². The number of hydrogen-bond donors (Lipinski definition) is 0. The molecule has 30 heavy (non-hydrogen) atoms. The predicted octanol–water partition coefficient (Wildman–Crippen LogP) is 1.97. The van der Waals surface area contributed by atoms with Gasteiger partial charge in [-0.1, -0.05) is 12.1 Å². The van der Waals surface area contributed by atoms with Gasteiger partial charge in [0.2, 0.25) is 5.91 Å². The lowest BCUT2D eigenvalue weighted by atomic mass is 10.1. The number of benzene rings is 2. The number of carbonyl (C=O) groups is 1. The van der Waals surface area contributed by atoms with E-state index in [1.54, 1.807) is 17.0 Å². The van der Waals surface area contributed by atoms with Crippen LogP contribution in [0.2, 0.25) is 0 Å². The van der Waals surface area contributed by atoms with Gasteiger partial charge in [0.05, 0.1) is 18.7 Å². The number of halogens is 3. The molecule has 10 heteroatoms. The van der Waals surface area contributed by atoms with E-state index < -0.39 is 11.6 Å². The fourth-order valence-corrected chi connectivity index (χ4v) is 3.37. The van der Waals surface area contributed by atoms with Crippen molar-refractivity contribution in [2.75, 3.05) is 26.2 Å². The molecule has 0 aliphatic carbocycles. The van der Waals surface area contributed by atoms with Crippen LogP contribution in [0.25, 0.3) is 5.69 Å². The Bertz CT molecular complexity index is 1030. The fraction of sp³-hybridized carbons (Fsp3) is 0.300. The third-order valence-corrected chi connectivity index (χ3v) is 5.04. The van der Waals surface area contributed by atoms with Gasteiger partial charge in [-0.25, -0.2) is 13.2 Å². The SMILES string of the molecule is O=C(Cc1ccc(F)cc1)N1CCN(Cc2nnnn2-c2ccc(F)c(F)c2)CC1. The van der Waals surface area contributed by atoms with Crippen molar-refractivity contribution in [2.24, 2.45) is 0 Å². The Hall–Kier alpha value is -3.27. The van der Waals surface area contributed by atoms with Crippen LogP contribution in [0.1, 0.15) is 11.4 Å². The van der Waals surface area contributed by atoms with Crippen LogP contribution >= 0.6 is 0 Å². The molecule has 0 bridgehead atoms. The first-order valence-corrected chi connectivity index (χ1v) is 9.47. The fourth-order valence-electron chi connectivity index (χ4n) is 3.37. The minimum atomic E-state index is -0.970. The molecule has 0 radical (unpaired) electrons. The van der Waals surface area contributed by atoms with Gasteiger partial charge in [0.1, 0.15) is 5.82 Å². The molecule has 2 heterocycles. The van der Waals surface area contributed by atoms with Crippen molar-refractivity contribution in [3.8, 4) is 5.69 Å². The number of nitrogens with zero attached hydrogens (tertiary/aromatic N) is 6. The van der Waals surface area contributed by atoms with Gasteiger partial charge >= 0.3 is 0 Å². The maximum atomic E-state index is 13.5. The number of hydrogen-bond acceptors (Lipinski definition) is 5. The van der Waals surface area contributed by atoms with Gasteiger partial charge in [0.15, 0.2) is 17.5 Å². The average Bonchev–Trinajstić information content (AvgIpc) is 3.20. The van der Waals surface area contributed by atoms with E-state index in [-0.39, 0.29) is 18.1 Å². The summed E-state index contributed by atoms with van der Waals surface area (Å²) in [6.45, 7) is 2.76. The lowest BCUT2D eigenvalue weighted by Crippen LogP contribution is -2.48. The first-order chi connectivity index (χ1) is 14.5. The Balaban J connectivity index is 1.34. The van der Waals surface area contributed by atoms with Gasteiger partial charge in [-0.05, 0) is 40.3 Å². The van der Waals surface area contributed by atoms with Crippen LogP contribution in [-0.2, 0) is 17.8 Å². The molecule has 1 saturated heterocycles. The maximum Gasteiger partial charge on any atom is 0.227 e. The van der Waals surface area contributed by atoms with Crippen LogP contribution < -0.4 is 0 Å². The average molecular weight is 416 g/mol. The summed E-state index contributed by atoms with van der Waals surface area (Å²) >= 11 is 0. The summed E-state index contributed by atoms with van der Waals surface area (Å²) in [5.41, 5.74) is 1.11. The quantitative estimate of drug-likeness (QED) is 0.636. The first-order valence-electron chi connectivity index (χ1n) is 9.47. The van der Waals surface area contributed by atoms with Crippen molar-refractivity contribution in [3.05, 3.63) is 71.3 Å². The third kappa shape index (κ3) is 4.48. The molecule has 1 aliphatic heterocycles. The Morgan fingerprint density at radius 2 is 1.67 bits per heavy atom. The van der Waals surface area contributed by atoms with E-state index in [1.807, 2.05) is 0 Å². The molecule has 1 amide bonds. The lowest BCUT2D eigenvalue weighted by molar-refractivity contribution is -0.132. The molecule has 0 unspecified atom stereocenters. The minimum Gasteiger partial charge on any atom is -0.340 e. The Morgan fingerprint density at radius 3 is 2.37 bits per heavy atom. The summed E-state index contributed by atoms with van der Waals surface area (Å²) in [7, 11) is 0. The van der Waals surface area contributed by atoms with Crippen molar-refractivity contribution in [1.29, 1.82) is 0 Å². The van der Waals surface area contributed by atoms with Crippen LogP contribution in [0.4, 0.5) is 13.2 Å². The second-order valence-corrected chi connectivity index (χ2v) is 7.07. The standard InChI is InChI=1S/C20H19F3N6O/c21-15-3-1-14(2-4-15)11-20(30)28-9-7-27(8-10-28)13-19-24-25-26-29(19)16-5-6-17(22)18(23)12-16/h1-6,12H,7-11,13H2. The molecule has 0 atom stereocenters. The Kier molecular flexibility index (Phi) is 5.75. The molecule has 2 aromatic carbocycles. The molecule has 7 nitrogen and oxygen atoms in total. The zero-order valence-electron chi connectivity index (χ0n) is 16.0. The summed E-state index contributed by atoms with van der Waals surface area (Å²) in [6.07, 6.45) is 0.231. The monoisotopic (exact) mass is 416 g/mol. The molecule has 1 fully saturated rings. The van der Waals surface area contributed by atoms with Crippen molar-refractivity contribution in [1.82, 2.24) is 30.0 Å². The van der Waals surface area contributed by atoms with E-state index in [4.69, 9.17) is 0 Å². The summed E-state index contributed by atoms with van der Waals surface area (Å²) in [6, 6.07) is 9.39. The molecular weight excluding hydrogens is 397 g/mol. The van der Waals surface area contributed by atoms with Gasteiger partial charge in [-0.15, -0.1) is 5.10 Å². The van der Waals surface area contributed by atoms with Gasteiger partial charge in [-0.3, -0.25) is 9.69 Å². The zero-order valence-corrected chi connectivity index (χ0v) is 16.0. The summed E-state index contributed by atoms with van der Waals surface area (Å²) < 4.78 is 41.1. The van der Waals surface area contributed by atoms with E-state index in [2.05, 4.69) is 20.4 Å². The van der Waals surface area contributed by atoms with Gasteiger partial charge in [-0.2, -0.15) is 4.68 Å². The van der Waals surface area contributed by atoms with E-state index in [0.717, 1.165) is 17.7 Å². The molecular formula is C20H19F3N6O. The zero-order chi connectivity index (χ0) is 21.1. The van der Waals surface area contributed by atoms with E-state index in [1.165, 1.54) is 22.9 Å². The van der Waals surface area contributed by atoms with E-state index in [9.17, 15) is 18.0 Å². The third-order valence-electron chi connectivity index (χ3n) is 5.04. The molecule has 156 valence electrons. The topological polar surface area (TPSA) is 67.2 Å². The molecule has 1 aromatic heterocycles. The van der Waals surface area contributed by atoms with Crippen molar-refractivity contribution in [3.63, 3.8) is 0 Å². The summed E-state index contributed by atoms with van der Waals surface area (Å²) in [5.74, 6) is -1.75. The van der Waals surface area contributed by atoms with Crippen LogP contribution in [-0.4, -0.2) is 62.1 Å². The van der Waals surface area contributed by atoms with Crippen LogP contribution in [0.5, 0.6) is 0 Å². The number of amides is 1. The molecule has 0 N–H and O–H groups in total. The number of tetrazole rings is 1. The van der Waals surface area contributed by atoms with E-state index >= 15 is 0 Å². The highest BCUT2D eigenvalue weighted by molar-refractivity contribution is 5.78. The summed E-state index contributed by atoms with van der Waals surface area (Å²) in [4.78, 5) is 16.3. The summed E-state index contributed by atoms with van der Waals surface area (Å²) in [5, 5.41) is 11.5. The van der Waals surface area contributed by atoms with E-state index in [0.29, 0.717) is 44.2 Å². The molecule has 0 saturated carbocycles. The Morgan fingerprint density at radius 1 is 0.933 bits per heavy atom. The lowest BCUT2D eigenvalue weighted by Gasteiger charge is -2.34. The van der Waals surface area contributed by atoms with Crippen molar-refractivity contribution < 1.29 is 18.0 Å². The highest BCUT2D eigenvalue weighted by Gasteiger charge is 2.23. The molecule has 0 spiro atoms. The van der Waals surface area contributed by atoms with Gasteiger partial charge in [0.25, 0.3) is 0 Å². The second kappa shape index (κ2) is 8.62. The van der Waals surface area contributed by atoms with Crippen molar-refractivity contribution >= 4 is 5.91 Å². The normalized spacial score (nSPS) is 14.8. The smallest absolute Gasteiger partial charge is 0.227 e. The molecule has 1 aliphatic rings. The highest BCUT2D eigenvalue weighted by atomic mass is 19.2. The maximum absolute atomic E-state index is 13.5.